The Hall–Kier alpha value is -1.30. The van der Waals surface area contributed by atoms with Crippen molar-refractivity contribution < 1.29 is 19.4 Å². The van der Waals surface area contributed by atoms with Gasteiger partial charge in [-0.05, 0) is 5.53 Å². The molecule has 1 saturated heterocycles. The fourth-order valence-corrected chi connectivity index (χ4v) is 1.21. The SMILES string of the molecule is CO[C@@H]1CO[C@@H](C(=O)O)[C@@H]1N=[N+]=[N-]. The predicted molar refractivity (Wildman–Crippen MR) is 41.1 cm³/mol. The first-order valence-corrected chi connectivity index (χ1v) is 3.62. The van der Waals surface area contributed by atoms with Crippen molar-refractivity contribution in [3.05, 3.63) is 10.4 Å². The van der Waals surface area contributed by atoms with Gasteiger partial charge in [0, 0.05) is 12.0 Å². The second-order valence-corrected chi connectivity index (χ2v) is 2.56. The lowest BCUT2D eigenvalue weighted by Gasteiger charge is -2.12. The zero-order chi connectivity index (χ0) is 9.84. The second-order valence-electron chi connectivity index (χ2n) is 2.56. The van der Waals surface area contributed by atoms with Gasteiger partial charge in [-0.3, -0.25) is 0 Å². The van der Waals surface area contributed by atoms with Crippen molar-refractivity contribution in [2.75, 3.05) is 13.7 Å². The molecule has 1 rings (SSSR count). The van der Waals surface area contributed by atoms with Gasteiger partial charge in [-0.1, -0.05) is 5.11 Å². The van der Waals surface area contributed by atoms with E-state index in [1.165, 1.54) is 7.11 Å². The third-order valence-corrected chi connectivity index (χ3v) is 1.86. The number of methoxy groups -OCH3 is 1. The summed E-state index contributed by atoms with van der Waals surface area (Å²) in [4.78, 5) is 13.1. The summed E-state index contributed by atoms with van der Waals surface area (Å²) in [6.07, 6.45) is -1.57. The van der Waals surface area contributed by atoms with E-state index in [1.807, 2.05) is 0 Å². The standard InChI is InChI=1S/C6H9N3O4/c1-12-3-2-13-5(6(10)11)4(3)8-9-7/h3-5H,2H2,1H3,(H,10,11)/t3-,4-,5-/m1/s1. The molecule has 0 aromatic heterocycles. The van der Waals surface area contributed by atoms with E-state index in [0.717, 1.165) is 0 Å². The third kappa shape index (κ3) is 1.89. The van der Waals surface area contributed by atoms with Crippen LogP contribution in [-0.2, 0) is 14.3 Å². The molecule has 7 heteroatoms. The van der Waals surface area contributed by atoms with E-state index in [9.17, 15) is 4.79 Å². The highest BCUT2D eigenvalue weighted by Crippen LogP contribution is 2.20. The minimum absolute atomic E-state index is 0.136. The van der Waals surface area contributed by atoms with Crippen LogP contribution in [0.3, 0.4) is 0 Å². The van der Waals surface area contributed by atoms with Crippen molar-refractivity contribution in [3.63, 3.8) is 0 Å². The van der Waals surface area contributed by atoms with Crippen molar-refractivity contribution in [1.82, 2.24) is 0 Å². The highest BCUT2D eigenvalue weighted by molar-refractivity contribution is 5.74. The molecule has 0 bridgehead atoms. The normalized spacial score (nSPS) is 32.5. The molecule has 1 heterocycles. The predicted octanol–water partition coefficient (Wildman–Crippen LogP) is 0.164. The Morgan fingerprint density at radius 2 is 2.54 bits per heavy atom. The van der Waals surface area contributed by atoms with E-state index in [2.05, 4.69) is 10.0 Å². The van der Waals surface area contributed by atoms with Gasteiger partial charge < -0.3 is 14.6 Å². The van der Waals surface area contributed by atoms with Gasteiger partial charge in [0.25, 0.3) is 0 Å². The maximum atomic E-state index is 10.6. The van der Waals surface area contributed by atoms with E-state index in [1.54, 1.807) is 0 Å². The van der Waals surface area contributed by atoms with Crippen LogP contribution < -0.4 is 0 Å². The van der Waals surface area contributed by atoms with Crippen LogP contribution in [0.2, 0.25) is 0 Å². The van der Waals surface area contributed by atoms with Crippen LogP contribution in [0.25, 0.3) is 10.4 Å². The molecule has 3 atom stereocenters. The smallest absolute Gasteiger partial charge is 0.333 e. The summed E-state index contributed by atoms with van der Waals surface area (Å²) in [5.41, 5.74) is 8.19. The molecule has 7 nitrogen and oxygen atoms in total. The third-order valence-electron chi connectivity index (χ3n) is 1.86. The number of carboxylic acid groups (broad SMARTS) is 1. The van der Waals surface area contributed by atoms with Gasteiger partial charge in [0.2, 0.25) is 0 Å². The minimum atomic E-state index is -1.14. The highest BCUT2D eigenvalue weighted by Gasteiger charge is 2.41. The number of nitrogens with zero attached hydrogens (tertiary/aromatic N) is 3. The number of hydrogen-bond acceptors (Lipinski definition) is 4. The summed E-state index contributed by atoms with van der Waals surface area (Å²) in [5, 5.41) is 12.0. The van der Waals surface area contributed by atoms with Crippen LogP contribution in [0, 0.1) is 0 Å². The molecule has 0 aromatic rings. The summed E-state index contributed by atoms with van der Waals surface area (Å²) in [7, 11) is 1.41. The molecule has 1 fully saturated rings. The molecule has 0 unspecified atom stereocenters. The van der Waals surface area contributed by atoms with Gasteiger partial charge in [0.15, 0.2) is 6.10 Å². The Bertz CT molecular complexity index is 250. The summed E-state index contributed by atoms with van der Waals surface area (Å²) < 4.78 is 9.80. The first-order valence-electron chi connectivity index (χ1n) is 3.62. The largest absolute Gasteiger partial charge is 0.479 e. The number of ether oxygens (including phenoxy) is 2. The van der Waals surface area contributed by atoms with E-state index in [-0.39, 0.29) is 6.61 Å². The number of carbonyl (C=O) groups is 1. The highest BCUT2D eigenvalue weighted by atomic mass is 16.6. The molecule has 0 aromatic carbocycles. The zero-order valence-electron chi connectivity index (χ0n) is 6.95. The average Bonchev–Trinajstić information content (AvgIpc) is 2.48. The quantitative estimate of drug-likeness (QED) is 0.386. The van der Waals surface area contributed by atoms with Crippen LogP contribution in [-0.4, -0.2) is 43.0 Å². The van der Waals surface area contributed by atoms with Crippen LogP contribution in [0.15, 0.2) is 5.11 Å². The summed E-state index contributed by atoms with van der Waals surface area (Å²) in [6.45, 7) is 0.136. The number of carboxylic acids is 1. The molecule has 72 valence electrons. The monoisotopic (exact) mass is 187 g/mol. The molecule has 0 amide bonds. The van der Waals surface area contributed by atoms with Crippen molar-refractivity contribution >= 4 is 5.97 Å². The maximum absolute atomic E-state index is 10.6. The van der Waals surface area contributed by atoms with Gasteiger partial charge in [-0.2, -0.15) is 0 Å². The molecule has 13 heavy (non-hydrogen) atoms. The minimum Gasteiger partial charge on any atom is -0.479 e. The topological polar surface area (TPSA) is 105 Å². The Labute approximate surface area is 73.9 Å². The number of aliphatic carboxylic acids is 1. The Morgan fingerprint density at radius 3 is 3.00 bits per heavy atom. The Kier molecular flexibility index (Phi) is 3.07. The van der Waals surface area contributed by atoms with Crippen LogP contribution in [0.5, 0.6) is 0 Å². The lowest BCUT2D eigenvalue weighted by atomic mass is 10.1. The molecule has 0 aliphatic carbocycles. The lowest BCUT2D eigenvalue weighted by molar-refractivity contribution is -0.147. The first kappa shape index (κ1) is 9.79. The van der Waals surface area contributed by atoms with Gasteiger partial charge in [0.1, 0.15) is 6.04 Å². The van der Waals surface area contributed by atoms with Gasteiger partial charge in [-0.15, -0.1) is 0 Å². The molecular formula is C6H9N3O4. The lowest BCUT2D eigenvalue weighted by Crippen LogP contribution is -2.34. The number of azide groups is 1. The molecule has 0 saturated carbocycles. The average molecular weight is 187 g/mol. The molecular weight excluding hydrogens is 178 g/mol. The molecule has 1 aliphatic rings. The van der Waals surface area contributed by atoms with E-state index >= 15 is 0 Å². The van der Waals surface area contributed by atoms with Crippen molar-refractivity contribution in [2.45, 2.75) is 18.2 Å². The van der Waals surface area contributed by atoms with E-state index in [4.69, 9.17) is 20.1 Å². The summed E-state index contributed by atoms with van der Waals surface area (Å²) >= 11 is 0. The zero-order valence-corrected chi connectivity index (χ0v) is 6.95. The van der Waals surface area contributed by atoms with Gasteiger partial charge >= 0.3 is 5.97 Å². The van der Waals surface area contributed by atoms with Crippen LogP contribution >= 0.6 is 0 Å². The molecule has 1 N–H and O–H groups in total. The number of hydrogen-bond donors (Lipinski definition) is 1. The summed E-state index contributed by atoms with van der Waals surface area (Å²) in [5.74, 6) is -1.14. The molecule has 0 radical (unpaired) electrons. The maximum Gasteiger partial charge on any atom is 0.333 e. The fourth-order valence-electron chi connectivity index (χ4n) is 1.21. The number of rotatable bonds is 3. The fraction of sp³-hybridized carbons (Fsp3) is 0.833. The first-order chi connectivity index (χ1) is 6.20. The van der Waals surface area contributed by atoms with Crippen molar-refractivity contribution in [3.8, 4) is 0 Å². The Morgan fingerprint density at radius 1 is 1.85 bits per heavy atom. The Balaban J connectivity index is 2.78. The van der Waals surface area contributed by atoms with Gasteiger partial charge in [0.05, 0.1) is 12.7 Å². The van der Waals surface area contributed by atoms with Crippen molar-refractivity contribution in [2.24, 2.45) is 5.11 Å². The molecule has 1 aliphatic heterocycles. The van der Waals surface area contributed by atoms with Gasteiger partial charge in [-0.25, -0.2) is 4.79 Å². The van der Waals surface area contributed by atoms with Crippen molar-refractivity contribution in [1.29, 1.82) is 0 Å². The second kappa shape index (κ2) is 4.08. The van der Waals surface area contributed by atoms with Crippen LogP contribution in [0.4, 0.5) is 0 Å². The van der Waals surface area contributed by atoms with Crippen LogP contribution in [0.1, 0.15) is 0 Å². The summed E-state index contributed by atoms with van der Waals surface area (Å²) in [6, 6.07) is -0.785. The van der Waals surface area contributed by atoms with E-state index < -0.39 is 24.2 Å². The van der Waals surface area contributed by atoms with E-state index in [0.29, 0.717) is 0 Å². The molecule has 0 spiro atoms.